The molecule has 5 nitrogen and oxygen atoms in total. The smallest absolute Gasteiger partial charge is 0.251 e. The third kappa shape index (κ3) is 2.38. The maximum Gasteiger partial charge on any atom is 0.251 e. The van der Waals surface area contributed by atoms with E-state index >= 15 is 0 Å². The highest BCUT2D eigenvalue weighted by Gasteiger charge is 2.07. The monoisotopic (exact) mass is 266 g/mol. The first-order valence-electron chi connectivity index (χ1n) is 6.35. The molecule has 100 valence electrons. The van der Waals surface area contributed by atoms with Gasteiger partial charge in [-0.25, -0.2) is 0 Å². The van der Waals surface area contributed by atoms with Crippen LogP contribution in [0.4, 0.5) is 0 Å². The number of hydrogen-bond acceptors (Lipinski definition) is 3. The number of rotatable bonds is 3. The third-order valence-electron chi connectivity index (χ3n) is 3.28. The summed E-state index contributed by atoms with van der Waals surface area (Å²) >= 11 is 0. The van der Waals surface area contributed by atoms with Crippen molar-refractivity contribution in [1.29, 1.82) is 0 Å². The van der Waals surface area contributed by atoms with Crippen molar-refractivity contribution in [3.63, 3.8) is 0 Å². The van der Waals surface area contributed by atoms with Crippen LogP contribution < -0.4 is 5.32 Å². The number of aromatic nitrogens is 3. The van der Waals surface area contributed by atoms with E-state index in [4.69, 9.17) is 0 Å². The lowest BCUT2D eigenvalue weighted by Crippen LogP contribution is -2.23. The third-order valence-corrected chi connectivity index (χ3v) is 3.28. The normalized spacial score (nSPS) is 10.7. The molecule has 3 rings (SSSR count). The topological polar surface area (TPSA) is 70.7 Å². The van der Waals surface area contributed by atoms with Gasteiger partial charge in [0.1, 0.15) is 0 Å². The summed E-state index contributed by atoms with van der Waals surface area (Å²) in [6, 6.07) is 7.39. The molecule has 0 aliphatic rings. The molecule has 1 aromatic carbocycles. The molecule has 0 spiro atoms. The minimum absolute atomic E-state index is 0.0993. The van der Waals surface area contributed by atoms with E-state index in [-0.39, 0.29) is 5.91 Å². The number of aryl methyl sites for hydroxylation is 1. The molecule has 0 saturated heterocycles. The lowest BCUT2D eigenvalue weighted by Gasteiger charge is -2.07. The molecule has 20 heavy (non-hydrogen) atoms. The largest absolute Gasteiger partial charge is 0.348 e. The maximum atomic E-state index is 12.1. The van der Waals surface area contributed by atoms with Gasteiger partial charge in [-0.15, -0.1) is 0 Å². The number of aromatic amines is 1. The molecule has 0 fully saturated rings. The number of hydrogen-bond donors (Lipinski definition) is 2. The summed E-state index contributed by atoms with van der Waals surface area (Å²) in [7, 11) is 0. The Morgan fingerprint density at radius 2 is 2.20 bits per heavy atom. The first-order chi connectivity index (χ1) is 9.74. The van der Waals surface area contributed by atoms with Crippen molar-refractivity contribution in [3.05, 3.63) is 59.5 Å². The van der Waals surface area contributed by atoms with Crippen molar-refractivity contribution < 1.29 is 4.79 Å². The average molecular weight is 266 g/mol. The SMILES string of the molecule is Cc1cnccc1CNC(=O)c1ccc2cn[nH]c2c1. The second kappa shape index (κ2) is 5.13. The van der Waals surface area contributed by atoms with Gasteiger partial charge in [0.15, 0.2) is 0 Å². The maximum absolute atomic E-state index is 12.1. The minimum Gasteiger partial charge on any atom is -0.348 e. The van der Waals surface area contributed by atoms with Gasteiger partial charge in [0.25, 0.3) is 5.91 Å². The molecule has 0 aliphatic heterocycles. The number of carbonyl (C=O) groups is 1. The van der Waals surface area contributed by atoms with Crippen LogP contribution in [0.3, 0.4) is 0 Å². The Morgan fingerprint density at radius 3 is 3.05 bits per heavy atom. The van der Waals surface area contributed by atoms with E-state index < -0.39 is 0 Å². The molecule has 2 aromatic heterocycles. The Balaban J connectivity index is 1.74. The molecule has 2 heterocycles. The van der Waals surface area contributed by atoms with Crippen molar-refractivity contribution >= 4 is 16.8 Å². The summed E-state index contributed by atoms with van der Waals surface area (Å²) in [5.41, 5.74) is 3.61. The fourth-order valence-electron chi connectivity index (χ4n) is 2.06. The van der Waals surface area contributed by atoms with Crippen molar-refractivity contribution in [3.8, 4) is 0 Å². The van der Waals surface area contributed by atoms with Crippen molar-refractivity contribution in [2.75, 3.05) is 0 Å². The van der Waals surface area contributed by atoms with Crippen molar-refractivity contribution in [2.45, 2.75) is 13.5 Å². The Kier molecular flexibility index (Phi) is 3.16. The number of H-pyrrole nitrogens is 1. The number of pyridine rings is 1. The van der Waals surface area contributed by atoms with Gasteiger partial charge in [-0.3, -0.25) is 14.9 Å². The van der Waals surface area contributed by atoms with Gasteiger partial charge >= 0.3 is 0 Å². The summed E-state index contributed by atoms with van der Waals surface area (Å²) in [4.78, 5) is 16.2. The van der Waals surface area contributed by atoms with Crippen molar-refractivity contribution in [1.82, 2.24) is 20.5 Å². The first kappa shape index (κ1) is 12.3. The van der Waals surface area contributed by atoms with Crippen LogP contribution in [0.2, 0.25) is 0 Å². The standard InChI is InChI=1S/C15H14N4O/c1-10-7-16-5-4-12(10)8-17-15(20)11-2-3-13-9-18-19-14(13)6-11/h2-7,9H,8H2,1H3,(H,17,20)(H,18,19). The molecule has 5 heteroatoms. The summed E-state index contributed by atoms with van der Waals surface area (Å²) in [6.07, 6.45) is 5.25. The van der Waals surface area contributed by atoms with Gasteiger partial charge in [-0.05, 0) is 36.2 Å². The van der Waals surface area contributed by atoms with Gasteiger partial charge in [-0.2, -0.15) is 5.10 Å². The minimum atomic E-state index is -0.0993. The van der Waals surface area contributed by atoms with Gasteiger partial charge in [0.2, 0.25) is 0 Å². The van der Waals surface area contributed by atoms with Crippen molar-refractivity contribution in [2.24, 2.45) is 0 Å². The fraction of sp³-hybridized carbons (Fsp3) is 0.133. The predicted molar refractivity (Wildman–Crippen MR) is 76.2 cm³/mol. The highest BCUT2D eigenvalue weighted by atomic mass is 16.1. The molecule has 0 atom stereocenters. The lowest BCUT2D eigenvalue weighted by atomic mass is 10.1. The number of fused-ring (bicyclic) bond motifs is 1. The van der Waals surface area contributed by atoms with Crippen LogP contribution in [-0.4, -0.2) is 21.1 Å². The zero-order chi connectivity index (χ0) is 13.9. The molecular formula is C15H14N4O. The Morgan fingerprint density at radius 1 is 1.30 bits per heavy atom. The molecular weight excluding hydrogens is 252 g/mol. The molecule has 1 amide bonds. The molecule has 0 bridgehead atoms. The molecule has 0 saturated carbocycles. The number of amides is 1. The van der Waals surface area contributed by atoms with Crippen LogP contribution in [0.5, 0.6) is 0 Å². The van der Waals surface area contributed by atoms with Crippen LogP contribution in [-0.2, 0) is 6.54 Å². The Labute approximate surface area is 116 Å². The summed E-state index contributed by atoms with van der Waals surface area (Å²) in [5.74, 6) is -0.0993. The van der Waals surface area contributed by atoms with Crippen LogP contribution >= 0.6 is 0 Å². The summed E-state index contributed by atoms with van der Waals surface area (Å²) in [6.45, 7) is 2.47. The van der Waals surface area contributed by atoms with Crippen LogP contribution in [0.25, 0.3) is 10.9 Å². The first-order valence-corrected chi connectivity index (χ1v) is 6.35. The highest BCUT2D eigenvalue weighted by Crippen LogP contribution is 2.13. The lowest BCUT2D eigenvalue weighted by molar-refractivity contribution is 0.0951. The van der Waals surface area contributed by atoms with E-state index in [2.05, 4.69) is 20.5 Å². The number of benzene rings is 1. The van der Waals surface area contributed by atoms with Gasteiger partial charge in [0.05, 0.1) is 11.7 Å². The zero-order valence-corrected chi connectivity index (χ0v) is 11.1. The number of nitrogens with one attached hydrogen (secondary N) is 2. The molecule has 0 radical (unpaired) electrons. The van der Waals surface area contributed by atoms with Crippen LogP contribution in [0.15, 0.2) is 42.9 Å². The van der Waals surface area contributed by atoms with Gasteiger partial charge < -0.3 is 5.32 Å². The Hall–Kier alpha value is -2.69. The number of carbonyl (C=O) groups excluding carboxylic acids is 1. The quantitative estimate of drug-likeness (QED) is 0.763. The fourth-order valence-corrected chi connectivity index (χ4v) is 2.06. The van der Waals surface area contributed by atoms with Gasteiger partial charge in [0, 0.05) is 29.9 Å². The molecule has 2 N–H and O–H groups in total. The zero-order valence-electron chi connectivity index (χ0n) is 11.1. The van der Waals surface area contributed by atoms with E-state index in [1.165, 1.54) is 0 Å². The van der Waals surface area contributed by atoms with E-state index in [1.54, 1.807) is 30.7 Å². The van der Waals surface area contributed by atoms with E-state index in [0.29, 0.717) is 12.1 Å². The van der Waals surface area contributed by atoms with Crippen LogP contribution in [0.1, 0.15) is 21.5 Å². The Bertz CT molecular complexity index is 763. The summed E-state index contributed by atoms with van der Waals surface area (Å²) in [5, 5.41) is 10.7. The predicted octanol–water partition coefficient (Wildman–Crippen LogP) is 2.20. The number of nitrogens with zero attached hydrogens (tertiary/aromatic N) is 2. The average Bonchev–Trinajstić information content (AvgIpc) is 2.93. The highest BCUT2D eigenvalue weighted by molar-refractivity contribution is 5.97. The van der Waals surface area contributed by atoms with E-state index in [9.17, 15) is 4.79 Å². The molecule has 3 aromatic rings. The second-order valence-corrected chi connectivity index (χ2v) is 4.66. The summed E-state index contributed by atoms with van der Waals surface area (Å²) < 4.78 is 0. The second-order valence-electron chi connectivity index (χ2n) is 4.66. The molecule has 0 aliphatic carbocycles. The van der Waals surface area contributed by atoms with E-state index in [0.717, 1.165) is 22.0 Å². The van der Waals surface area contributed by atoms with E-state index in [1.807, 2.05) is 19.1 Å². The van der Waals surface area contributed by atoms with Crippen LogP contribution in [0, 0.1) is 6.92 Å². The molecule has 0 unspecified atom stereocenters. The van der Waals surface area contributed by atoms with Gasteiger partial charge in [-0.1, -0.05) is 6.07 Å².